The van der Waals surface area contributed by atoms with Gasteiger partial charge >= 0.3 is 5.91 Å². The SMILES string of the molecule is CC1Cc2cc(/C(O)=C3\C(=O)C(=O)N(c4nccs4)C3c3ccc(C(C)(C)C)cc3)ccc2O1. The summed E-state index contributed by atoms with van der Waals surface area (Å²) >= 11 is 1.28. The van der Waals surface area contributed by atoms with Crippen molar-refractivity contribution < 1.29 is 19.4 Å². The number of rotatable bonds is 3. The number of aliphatic hydroxyl groups is 1. The number of carbonyl (C=O) groups is 2. The van der Waals surface area contributed by atoms with Crippen molar-refractivity contribution in [2.45, 2.75) is 51.7 Å². The first kappa shape index (κ1) is 22.3. The third-order valence-electron chi connectivity index (χ3n) is 6.33. The van der Waals surface area contributed by atoms with Crippen LogP contribution in [0.1, 0.15) is 56.0 Å². The summed E-state index contributed by atoms with van der Waals surface area (Å²) in [5.74, 6) is -0.825. The Labute approximate surface area is 202 Å². The Kier molecular flexibility index (Phi) is 5.32. The summed E-state index contributed by atoms with van der Waals surface area (Å²) in [6.45, 7) is 8.37. The average Bonchev–Trinajstić information content (AvgIpc) is 3.50. The summed E-state index contributed by atoms with van der Waals surface area (Å²) in [7, 11) is 0. The molecule has 7 heteroatoms. The van der Waals surface area contributed by atoms with Gasteiger partial charge in [-0.15, -0.1) is 11.3 Å². The Balaban J connectivity index is 1.66. The highest BCUT2D eigenvalue weighted by molar-refractivity contribution is 7.14. The molecule has 0 spiro atoms. The van der Waals surface area contributed by atoms with Crippen LogP contribution in [0.3, 0.4) is 0 Å². The fourth-order valence-electron chi connectivity index (χ4n) is 4.57. The first-order valence-corrected chi connectivity index (χ1v) is 12.1. The Morgan fingerprint density at radius 1 is 1.15 bits per heavy atom. The molecule has 3 aromatic rings. The van der Waals surface area contributed by atoms with Gasteiger partial charge in [-0.2, -0.15) is 0 Å². The molecule has 6 nitrogen and oxygen atoms in total. The molecule has 0 saturated carbocycles. The van der Waals surface area contributed by atoms with Crippen LogP contribution in [-0.4, -0.2) is 27.9 Å². The van der Waals surface area contributed by atoms with E-state index in [1.807, 2.05) is 37.3 Å². The molecule has 1 amide bonds. The highest BCUT2D eigenvalue weighted by atomic mass is 32.1. The van der Waals surface area contributed by atoms with Crippen LogP contribution in [-0.2, 0) is 21.4 Å². The van der Waals surface area contributed by atoms with E-state index in [2.05, 4.69) is 25.8 Å². The first-order chi connectivity index (χ1) is 16.1. The molecule has 3 heterocycles. The zero-order chi connectivity index (χ0) is 24.2. The molecule has 2 aliphatic rings. The zero-order valence-corrected chi connectivity index (χ0v) is 20.3. The van der Waals surface area contributed by atoms with E-state index >= 15 is 0 Å². The number of hydrogen-bond acceptors (Lipinski definition) is 6. The van der Waals surface area contributed by atoms with Crippen LogP contribution in [0.4, 0.5) is 5.13 Å². The number of nitrogens with zero attached hydrogens (tertiary/aromatic N) is 2. The fraction of sp³-hybridized carbons (Fsp3) is 0.296. The molecule has 0 radical (unpaired) electrons. The maximum atomic E-state index is 13.3. The summed E-state index contributed by atoms with van der Waals surface area (Å²) in [4.78, 5) is 32.1. The molecule has 5 rings (SSSR count). The van der Waals surface area contributed by atoms with Gasteiger partial charge in [-0.05, 0) is 47.2 Å². The van der Waals surface area contributed by atoms with Crippen LogP contribution in [0.5, 0.6) is 5.75 Å². The molecule has 2 atom stereocenters. The maximum absolute atomic E-state index is 13.3. The monoisotopic (exact) mass is 474 g/mol. The summed E-state index contributed by atoms with van der Waals surface area (Å²) in [6, 6.07) is 12.4. The summed E-state index contributed by atoms with van der Waals surface area (Å²) < 4.78 is 5.77. The number of fused-ring (bicyclic) bond motifs is 1. The summed E-state index contributed by atoms with van der Waals surface area (Å²) in [5.41, 5.74) is 3.36. The van der Waals surface area contributed by atoms with Gasteiger partial charge in [-0.1, -0.05) is 45.0 Å². The predicted octanol–water partition coefficient (Wildman–Crippen LogP) is 5.39. The zero-order valence-electron chi connectivity index (χ0n) is 19.5. The van der Waals surface area contributed by atoms with Gasteiger partial charge in [0.2, 0.25) is 0 Å². The van der Waals surface area contributed by atoms with Gasteiger partial charge in [0.15, 0.2) is 5.13 Å². The van der Waals surface area contributed by atoms with Crippen molar-refractivity contribution in [3.05, 3.63) is 81.9 Å². The quantitative estimate of drug-likeness (QED) is 0.313. The number of benzene rings is 2. The molecule has 2 aromatic carbocycles. The number of Topliss-reactive ketones (excluding diaryl/α,β-unsaturated/α-hetero) is 1. The fourth-order valence-corrected chi connectivity index (χ4v) is 5.24. The number of aromatic nitrogens is 1. The van der Waals surface area contributed by atoms with E-state index in [0.717, 1.165) is 28.9 Å². The van der Waals surface area contributed by atoms with E-state index in [-0.39, 0.29) is 22.9 Å². The number of aliphatic hydroxyl groups excluding tert-OH is 1. The molecular weight excluding hydrogens is 448 g/mol. The van der Waals surface area contributed by atoms with Crippen molar-refractivity contribution in [2.75, 3.05) is 4.90 Å². The van der Waals surface area contributed by atoms with Crippen molar-refractivity contribution in [3.63, 3.8) is 0 Å². The van der Waals surface area contributed by atoms with Crippen LogP contribution < -0.4 is 9.64 Å². The Morgan fingerprint density at radius 3 is 2.53 bits per heavy atom. The molecule has 1 fully saturated rings. The van der Waals surface area contributed by atoms with Crippen LogP contribution in [0.2, 0.25) is 0 Å². The summed E-state index contributed by atoms with van der Waals surface area (Å²) in [5, 5.41) is 13.5. The minimum atomic E-state index is -0.774. The van der Waals surface area contributed by atoms with E-state index in [0.29, 0.717) is 10.7 Å². The number of ether oxygens (including phenoxy) is 1. The van der Waals surface area contributed by atoms with E-state index in [9.17, 15) is 14.7 Å². The van der Waals surface area contributed by atoms with Gasteiger partial charge in [-0.3, -0.25) is 14.5 Å². The maximum Gasteiger partial charge on any atom is 0.301 e. The van der Waals surface area contributed by atoms with Gasteiger partial charge < -0.3 is 9.84 Å². The highest BCUT2D eigenvalue weighted by Crippen LogP contribution is 2.43. The van der Waals surface area contributed by atoms with E-state index in [1.54, 1.807) is 23.7 Å². The number of hydrogen-bond donors (Lipinski definition) is 1. The second kappa shape index (κ2) is 8.09. The lowest BCUT2D eigenvalue weighted by molar-refractivity contribution is -0.132. The molecule has 1 aromatic heterocycles. The van der Waals surface area contributed by atoms with E-state index in [4.69, 9.17) is 4.74 Å². The minimum Gasteiger partial charge on any atom is -0.507 e. The lowest BCUT2D eigenvalue weighted by atomic mass is 9.85. The second-order valence-electron chi connectivity index (χ2n) is 9.81. The molecule has 0 bridgehead atoms. The summed E-state index contributed by atoms with van der Waals surface area (Å²) in [6.07, 6.45) is 2.38. The van der Waals surface area contributed by atoms with Gasteiger partial charge in [0, 0.05) is 23.6 Å². The molecule has 174 valence electrons. The van der Waals surface area contributed by atoms with Crippen molar-refractivity contribution in [2.24, 2.45) is 0 Å². The average molecular weight is 475 g/mol. The third kappa shape index (κ3) is 3.70. The first-order valence-electron chi connectivity index (χ1n) is 11.3. The Bertz CT molecular complexity index is 1300. The molecular formula is C27H26N2O4S. The number of amides is 1. The van der Waals surface area contributed by atoms with Crippen LogP contribution in [0.25, 0.3) is 5.76 Å². The largest absolute Gasteiger partial charge is 0.507 e. The number of carbonyl (C=O) groups excluding carboxylic acids is 2. The molecule has 0 aliphatic carbocycles. The Hall–Kier alpha value is -3.45. The molecule has 34 heavy (non-hydrogen) atoms. The Morgan fingerprint density at radius 2 is 1.88 bits per heavy atom. The molecule has 2 unspecified atom stereocenters. The van der Waals surface area contributed by atoms with Crippen molar-refractivity contribution in [1.82, 2.24) is 4.98 Å². The van der Waals surface area contributed by atoms with Gasteiger partial charge in [0.05, 0.1) is 11.6 Å². The van der Waals surface area contributed by atoms with Crippen molar-refractivity contribution in [1.29, 1.82) is 0 Å². The molecule has 2 aliphatic heterocycles. The second-order valence-corrected chi connectivity index (χ2v) is 10.7. The highest BCUT2D eigenvalue weighted by Gasteiger charge is 2.48. The van der Waals surface area contributed by atoms with Gasteiger partial charge in [0.1, 0.15) is 17.6 Å². The van der Waals surface area contributed by atoms with E-state index in [1.165, 1.54) is 16.2 Å². The number of anilines is 1. The molecule has 1 saturated heterocycles. The van der Waals surface area contributed by atoms with E-state index < -0.39 is 17.7 Å². The van der Waals surface area contributed by atoms with Crippen LogP contribution in [0, 0.1) is 0 Å². The smallest absolute Gasteiger partial charge is 0.301 e. The number of ketones is 1. The van der Waals surface area contributed by atoms with Crippen LogP contribution in [0.15, 0.2) is 59.6 Å². The van der Waals surface area contributed by atoms with Gasteiger partial charge in [-0.25, -0.2) is 4.98 Å². The van der Waals surface area contributed by atoms with Gasteiger partial charge in [0.25, 0.3) is 5.78 Å². The topological polar surface area (TPSA) is 79.7 Å². The predicted molar refractivity (Wildman–Crippen MR) is 132 cm³/mol. The standard InChI is InChI=1S/C27H26N2O4S/c1-15-13-18-14-17(7-10-20(18)33-15)23(30)21-22(16-5-8-19(9-6-16)27(2,3)4)29(25(32)24(21)31)26-28-11-12-34-26/h5-12,14-15,22,30H,13H2,1-4H3/b23-21+. The third-order valence-corrected chi connectivity index (χ3v) is 7.10. The van der Waals surface area contributed by atoms with Crippen molar-refractivity contribution in [3.8, 4) is 5.75 Å². The number of thiazole rings is 1. The van der Waals surface area contributed by atoms with Crippen LogP contribution >= 0.6 is 11.3 Å². The normalized spacial score (nSPS) is 21.6. The lowest BCUT2D eigenvalue weighted by Crippen LogP contribution is -2.29. The molecule has 1 N–H and O–H groups in total. The van der Waals surface area contributed by atoms with Crippen molar-refractivity contribution >= 4 is 33.9 Å². The minimum absolute atomic E-state index is 0.0424. The lowest BCUT2D eigenvalue weighted by Gasteiger charge is -2.24.